The number of phenols is 1. The lowest BCUT2D eigenvalue weighted by Gasteiger charge is -2.27. The first kappa shape index (κ1) is 12.1. The molecule has 0 bridgehead atoms. The van der Waals surface area contributed by atoms with Crippen molar-refractivity contribution in [1.29, 1.82) is 0 Å². The quantitative estimate of drug-likeness (QED) is 0.839. The smallest absolute Gasteiger partial charge is 0.141 e. The molecule has 0 amide bonds. The second kappa shape index (κ2) is 5.32. The summed E-state index contributed by atoms with van der Waals surface area (Å²) in [4.78, 5) is 12.1. The van der Waals surface area contributed by atoms with Crippen LogP contribution in [0.3, 0.4) is 0 Å². The Morgan fingerprint density at radius 1 is 1.35 bits per heavy atom. The fraction of sp³-hybridized carbons (Fsp3) is 0.500. The van der Waals surface area contributed by atoms with Crippen molar-refractivity contribution in [3.05, 3.63) is 29.8 Å². The Morgan fingerprint density at radius 2 is 2.12 bits per heavy atom. The van der Waals surface area contributed by atoms with Gasteiger partial charge in [-0.25, -0.2) is 0 Å². The Kier molecular flexibility index (Phi) is 3.79. The third kappa shape index (κ3) is 3.07. The first-order chi connectivity index (χ1) is 8.16. The molecule has 0 aromatic heterocycles. The number of carbonyl (C=O) groups excluding carboxylic acids is 1. The van der Waals surface area contributed by atoms with Crippen molar-refractivity contribution in [2.45, 2.75) is 38.1 Å². The van der Waals surface area contributed by atoms with Gasteiger partial charge in [0.05, 0.1) is 0 Å². The fourth-order valence-electron chi connectivity index (χ4n) is 2.56. The molecule has 1 aliphatic carbocycles. The van der Waals surface area contributed by atoms with Gasteiger partial charge >= 0.3 is 0 Å². The van der Waals surface area contributed by atoms with E-state index < -0.39 is 0 Å². The Labute approximate surface area is 102 Å². The summed E-state index contributed by atoms with van der Waals surface area (Å²) in [6, 6.07) is 6.91. The maximum absolute atomic E-state index is 12.1. The van der Waals surface area contributed by atoms with Gasteiger partial charge in [0.1, 0.15) is 11.5 Å². The third-order valence-electron chi connectivity index (χ3n) is 3.52. The van der Waals surface area contributed by atoms with Crippen LogP contribution >= 0.6 is 0 Å². The highest BCUT2D eigenvalue weighted by Crippen LogP contribution is 2.25. The van der Waals surface area contributed by atoms with E-state index in [1.165, 1.54) is 0 Å². The summed E-state index contributed by atoms with van der Waals surface area (Å²) in [6.45, 7) is 0. The van der Waals surface area contributed by atoms with E-state index in [4.69, 9.17) is 5.73 Å². The third-order valence-corrected chi connectivity index (χ3v) is 3.52. The molecule has 1 saturated carbocycles. The van der Waals surface area contributed by atoms with Crippen LogP contribution in [0, 0.1) is 5.92 Å². The first-order valence-corrected chi connectivity index (χ1v) is 6.23. The topological polar surface area (TPSA) is 63.3 Å². The fourth-order valence-corrected chi connectivity index (χ4v) is 2.56. The van der Waals surface area contributed by atoms with E-state index in [1.54, 1.807) is 18.2 Å². The Hall–Kier alpha value is -1.35. The van der Waals surface area contributed by atoms with Crippen LogP contribution in [0.5, 0.6) is 5.75 Å². The highest BCUT2D eigenvalue weighted by atomic mass is 16.3. The zero-order valence-corrected chi connectivity index (χ0v) is 9.93. The summed E-state index contributed by atoms with van der Waals surface area (Å²) in [5, 5.41) is 9.35. The zero-order valence-electron chi connectivity index (χ0n) is 9.93. The van der Waals surface area contributed by atoms with Crippen LogP contribution in [0.4, 0.5) is 0 Å². The van der Waals surface area contributed by atoms with Gasteiger partial charge in [-0.3, -0.25) is 4.79 Å². The first-order valence-electron chi connectivity index (χ1n) is 6.23. The van der Waals surface area contributed by atoms with Crippen molar-refractivity contribution in [3.63, 3.8) is 0 Å². The summed E-state index contributed by atoms with van der Waals surface area (Å²) in [6.07, 6.45) is 4.49. The Bertz CT molecular complexity index is 403. The van der Waals surface area contributed by atoms with Gasteiger partial charge in [0.25, 0.3) is 0 Å². The van der Waals surface area contributed by atoms with Crippen LogP contribution in [0.1, 0.15) is 31.2 Å². The molecule has 0 aliphatic heterocycles. The van der Waals surface area contributed by atoms with Crippen LogP contribution in [-0.4, -0.2) is 16.9 Å². The Balaban J connectivity index is 2.01. The van der Waals surface area contributed by atoms with Gasteiger partial charge < -0.3 is 10.8 Å². The van der Waals surface area contributed by atoms with Gasteiger partial charge in [-0.1, -0.05) is 25.0 Å². The average molecular weight is 233 g/mol. The largest absolute Gasteiger partial charge is 0.508 e. The molecule has 1 aliphatic rings. The molecule has 1 fully saturated rings. The summed E-state index contributed by atoms with van der Waals surface area (Å²) in [5.41, 5.74) is 6.86. The lowest BCUT2D eigenvalue weighted by molar-refractivity contribution is -0.123. The molecule has 0 radical (unpaired) electrons. The second-order valence-electron chi connectivity index (χ2n) is 4.87. The standard InChI is InChI=1S/C14H19NO2/c15-13-7-2-1-6-12(13)14(17)9-10-4-3-5-11(16)8-10/h3-5,8,12-13,16H,1-2,6-7,9,15H2. The van der Waals surface area contributed by atoms with E-state index in [9.17, 15) is 9.90 Å². The normalized spacial score (nSPS) is 24.5. The molecular formula is C14H19NO2. The summed E-state index contributed by atoms with van der Waals surface area (Å²) >= 11 is 0. The molecule has 2 atom stereocenters. The number of hydrogen-bond acceptors (Lipinski definition) is 3. The van der Waals surface area contributed by atoms with Crippen LogP contribution in [-0.2, 0) is 11.2 Å². The van der Waals surface area contributed by atoms with Crippen LogP contribution in [0.15, 0.2) is 24.3 Å². The van der Waals surface area contributed by atoms with Gasteiger partial charge in [0.2, 0.25) is 0 Å². The Morgan fingerprint density at radius 3 is 2.82 bits per heavy atom. The van der Waals surface area contributed by atoms with E-state index >= 15 is 0 Å². The van der Waals surface area contributed by atoms with Gasteiger partial charge in [-0.05, 0) is 30.5 Å². The molecular weight excluding hydrogens is 214 g/mol. The number of Topliss-reactive ketones (excluding diaryl/α,β-unsaturated/α-hetero) is 1. The molecule has 3 N–H and O–H groups in total. The lowest BCUT2D eigenvalue weighted by Crippen LogP contribution is -2.38. The molecule has 3 heteroatoms. The molecule has 1 aromatic rings. The van der Waals surface area contributed by atoms with E-state index in [0.29, 0.717) is 6.42 Å². The highest BCUT2D eigenvalue weighted by Gasteiger charge is 2.27. The predicted molar refractivity (Wildman–Crippen MR) is 66.8 cm³/mol. The number of ketones is 1. The van der Waals surface area contributed by atoms with Crippen molar-refractivity contribution >= 4 is 5.78 Å². The summed E-state index contributed by atoms with van der Waals surface area (Å²) in [7, 11) is 0. The van der Waals surface area contributed by atoms with Crippen LogP contribution in [0.2, 0.25) is 0 Å². The van der Waals surface area contributed by atoms with E-state index in [2.05, 4.69) is 0 Å². The minimum Gasteiger partial charge on any atom is -0.508 e. The number of aromatic hydroxyl groups is 1. The number of hydrogen-bond donors (Lipinski definition) is 2. The number of nitrogens with two attached hydrogens (primary N) is 1. The lowest BCUT2D eigenvalue weighted by atomic mass is 9.81. The van der Waals surface area contributed by atoms with Crippen molar-refractivity contribution in [3.8, 4) is 5.75 Å². The number of rotatable bonds is 3. The number of benzene rings is 1. The van der Waals surface area contributed by atoms with Crippen molar-refractivity contribution < 1.29 is 9.90 Å². The average Bonchev–Trinajstić information content (AvgIpc) is 2.29. The summed E-state index contributed by atoms with van der Waals surface area (Å²) in [5.74, 6) is 0.428. The highest BCUT2D eigenvalue weighted by molar-refractivity contribution is 5.84. The molecule has 17 heavy (non-hydrogen) atoms. The van der Waals surface area contributed by atoms with Crippen molar-refractivity contribution in [2.75, 3.05) is 0 Å². The molecule has 0 spiro atoms. The number of phenolic OH excluding ortho intramolecular Hbond substituents is 1. The molecule has 1 aromatic carbocycles. The van der Waals surface area contributed by atoms with Gasteiger partial charge in [0.15, 0.2) is 0 Å². The van der Waals surface area contributed by atoms with Gasteiger partial charge in [-0.2, -0.15) is 0 Å². The van der Waals surface area contributed by atoms with Gasteiger partial charge in [0, 0.05) is 18.4 Å². The van der Waals surface area contributed by atoms with Crippen molar-refractivity contribution in [1.82, 2.24) is 0 Å². The minimum atomic E-state index is 0.00565. The van der Waals surface area contributed by atoms with E-state index in [1.807, 2.05) is 6.07 Å². The summed E-state index contributed by atoms with van der Waals surface area (Å²) < 4.78 is 0. The van der Waals surface area contributed by atoms with Gasteiger partial charge in [-0.15, -0.1) is 0 Å². The minimum absolute atomic E-state index is 0.00565. The maximum Gasteiger partial charge on any atom is 0.141 e. The molecule has 0 heterocycles. The number of carbonyl (C=O) groups is 1. The van der Waals surface area contributed by atoms with Crippen LogP contribution < -0.4 is 5.73 Å². The van der Waals surface area contributed by atoms with Crippen LogP contribution in [0.25, 0.3) is 0 Å². The molecule has 2 unspecified atom stereocenters. The molecule has 3 nitrogen and oxygen atoms in total. The molecule has 2 rings (SSSR count). The second-order valence-corrected chi connectivity index (χ2v) is 4.87. The SMILES string of the molecule is NC1CCCCC1C(=O)Cc1cccc(O)c1. The van der Waals surface area contributed by atoms with Crippen molar-refractivity contribution in [2.24, 2.45) is 11.7 Å². The van der Waals surface area contributed by atoms with E-state index in [-0.39, 0.29) is 23.5 Å². The molecule has 0 saturated heterocycles. The molecule has 92 valence electrons. The maximum atomic E-state index is 12.1. The predicted octanol–water partition coefficient (Wildman–Crippen LogP) is 2.02. The van der Waals surface area contributed by atoms with E-state index in [0.717, 1.165) is 31.2 Å². The zero-order chi connectivity index (χ0) is 12.3. The monoisotopic (exact) mass is 233 g/mol.